The second-order valence-corrected chi connectivity index (χ2v) is 21.2. The zero-order valence-corrected chi connectivity index (χ0v) is 41.7. The molecule has 0 unspecified atom stereocenters. The zero-order chi connectivity index (χ0) is 48.8. The minimum atomic E-state index is -0.204. The van der Waals surface area contributed by atoms with Crippen molar-refractivity contribution in [2.75, 3.05) is 4.90 Å². The van der Waals surface area contributed by atoms with Gasteiger partial charge in [-0.1, -0.05) is 185 Å². The maximum absolute atomic E-state index is 6.57. The first kappa shape index (κ1) is 43.4. The molecule has 2 aromatic heterocycles. The monoisotopic (exact) mass is 940 g/mol. The molecule has 0 amide bonds. The van der Waals surface area contributed by atoms with E-state index < -0.39 is 0 Å². The topological polar surface area (TPSA) is 21.3 Å². The van der Waals surface area contributed by atoms with Crippen LogP contribution in [0.5, 0.6) is 0 Å². The van der Waals surface area contributed by atoms with E-state index >= 15 is 0 Å². The largest absolute Gasteiger partial charge is 0.456 e. The summed E-state index contributed by atoms with van der Waals surface area (Å²) in [4.78, 5) is 2.52. The predicted molar refractivity (Wildman–Crippen MR) is 306 cm³/mol. The number of fused-ring (bicyclic) bond motifs is 11. The molecule has 73 heavy (non-hydrogen) atoms. The van der Waals surface area contributed by atoms with E-state index in [1.807, 2.05) is 0 Å². The summed E-state index contributed by atoms with van der Waals surface area (Å²) in [6.45, 7) is 7.00. The van der Waals surface area contributed by atoms with Crippen LogP contribution in [0.1, 0.15) is 73.8 Å². The molecular weight excluding hydrogens is 885 g/mol. The van der Waals surface area contributed by atoms with Crippen LogP contribution in [0.4, 0.5) is 17.1 Å². The van der Waals surface area contributed by atoms with Crippen LogP contribution in [0.25, 0.3) is 82.8 Å². The molecule has 12 aromatic rings. The van der Waals surface area contributed by atoms with Crippen molar-refractivity contribution in [1.82, 2.24) is 4.57 Å². The zero-order valence-electron chi connectivity index (χ0n) is 41.7. The number of anilines is 3. The molecule has 14 rings (SSSR count). The van der Waals surface area contributed by atoms with Gasteiger partial charge in [0, 0.05) is 43.9 Å². The molecule has 0 aliphatic heterocycles. The molecule has 3 heteroatoms. The molecule has 2 aliphatic carbocycles. The molecule has 3 nitrogen and oxygen atoms in total. The van der Waals surface area contributed by atoms with Crippen LogP contribution >= 0.6 is 0 Å². The second-order valence-electron chi connectivity index (χ2n) is 21.2. The van der Waals surface area contributed by atoms with Gasteiger partial charge in [0.05, 0.1) is 27.8 Å². The van der Waals surface area contributed by atoms with E-state index in [1.54, 1.807) is 0 Å². The van der Waals surface area contributed by atoms with Crippen molar-refractivity contribution in [2.45, 2.75) is 63.7 Å². The highest BCUT2D eigenvalue weighted by Crippen LogP contribution is 2.59. The predicted octanol–water partition coefficient (Wildman–Crippen LogP) is 19.4. The number of hydrogen-bond donors (Lipinski definition) is 0. The summed E-state index contributed by atoms with van der Waals surface area (Å²) < 4.78 is 9.06. The molecule has 1 saturated carbocycles. The van der Waals surface area contributed by atoms with E-state index in [0.717, 1.165) is 39.0 Å². The van der Waals surface area contributed by atoms with Crippen LogP contribution in [0, 0.1) is 6.92 Å². The summed E-state index contributed by atoms with van der Waals surface area (Å²) in [5, 5.41) is 4.74. The molecular formula is C70H56N2O. The highest BCUT2D eigenvalue weighted by molar-refractivity contribution is 6.14. The fraction of sp³-hybridized carbons (Fsp3) is 0.143. The van der Waals surface area contributed by atoms with Crippen molar-refractivity contribution >= 4 is 60.8 Å². The fourth-order valence-electron chi connectivity index (χ4n) is 13.3. The summed E-state index contributed by atoms with van der Waals surface area (Å²) in [6, 6.07) is 83.3. The lowest BCUT2D eigenvalue weighted by Crippen LogP contribution is -2.28. The van der Waals surface area contributed by atoms with Crippen molar-refractivity contribution in [3.8, 4) is 39.1 Å². The SMILES string of the molecule is Cc1cc2c3cc(-c4ccc(N(c5cccc6c5-c5ccccc5C65CCCCC5)c5cccc6oc7ccccc7c56)cc4)ccc3n(-c3cccc(-c4ccccc4)c3)c2cc1C(C)(C)c1ccccc1. The number of nitrogens with zero attached hydrogens (tertiary/aromatic N) is 2. The van der Waals surface area contributed by atoms with Gasteiger partial charge in [-0.05, 0) is 148 Å². The number of para-hydroxylation sites is 1. The first-order valence-corrected chi connectivity index (χ1v) is 26.2. The molecule has 10 aromatic carbocycles. The van der Waals surface area contributed by atoms with Gasteiger partial charge in [0.2, 0.25) is 0 Å². The average Bonchev–Trinajstić information content (AvgIpc) is 4.08. The Morgan fingerprint density at radius 1 is 0.479 bits per heavy atom. The van der Waals surface area contributed by atoms with Gasteiger partial charge in [-0.3, -0.25) is 0 Å². The number of aryl methyl sites for hydroxylation is 1. The molecule has 0 N–H and O–H groups in total. The Bertz CT molecular complexity index is 4090. The van der Waals surface area contributed by atoms with E-state index in [2.05, 4.69) is 255 Å². The molecule has 0 atom stereocenters. The highest BCUT2D eigenvalue weighted by Gasteiger charge is 2.45. The number of benzene rings is 10. The number of rotatable bonds is 8. The summed E-state index contributed by atoms with van der Waals surface area (Å²) >= 11 is 0. The molecule has 0 saturated heterocycles. The molecule has 1 spiro atoms. The van der Waals surface area contributed by atoms with Crippen LogP contribution in [0.15, 0.2) is 229 Å². The Labute approximate surface area is 427 Å². The second kappa shape index (κ2) is 16.9. The fourth-order valence-corrected chi connectivity index (χ4v) is 13.3. The van der Waals surface area contributed by atoms with Crippen molar-refractivity contribution in [2.24, 2.45) is 0 Å². The van der Waals surface area contributed by atoms with E-state index in [4.69, 9.17) is 4.42 Å². The molecule has 2 heterocycles. The van der Waals surface area contributed by atoms with Gasteiger partial charge >= 0.3 is 0 Å². The van der Waals surface area contributed by atoms with Crippen LogP contribution < -0.4 is 4.90 Å². The van der Waals surface area contributed by atoms with Crippen molar-refractivity contribution in [1.29, 1.82) is 0 Å². The summed E-state index contributed by atoms with van der Waals surface area (Å²) in [5.74, 6) is 0. The lowest BCUT2D eigenvalue weighted by Gasteiger charge is -2.36. The maximum Gasteiger partial charge on any atom is 0.137 e. The van der Waals surface area contributed by atoms with Gasteiger partial charge < -0.3 is 13.9 Å². The maximum atomic E-state index is 6.57. The van der Waals surface area contributed by atoms with Crippen molar-refractivity contribution in [3.05, 3.63) is 252 Å². The Morgan fingerprint density at radius 3 is 1.95 bits per heavy atom. The molecule has 0 radical (unpaired) electrons. The quantitative estimate of drug-likeness (QED) is 0.151. The standard InChI is InChI=1S/C70H56N2O/c1-46-42-56-57-44-50(36-39-61(57)72(53-25-17-22-49(43-53)47-20-7-4-8-21-47)64(56)45-60(46)69(2,3)51-23-9-5-10-24-51)48-34-37-52(38-35-48)71(63-31-19-33-66-68(63)55-27-12-14-32-65(55)73-66)62-30-18-29-59-67(62)54-26-11-13-28-58(54)70(59)40-15-6-16-41-70/h4-5,7-14,17-39,42-45H,6,15-16,40-41H2,1-3H3. The molecule has 1 fully saturated rings. The average molecular weight is 941 g/mol. The Hall–Kier alpha value is -8.40. The molecule has 0 bridgehead atoms. The summed E-state index contributed by atoms with van der Waals surface area (Å²) in [7, 11) is 0. The number of hydrogen-bond acceptors (Lipinski definition) is 2. The van der Waals surface area contributed by atoms with E-state index in [-0.39, 0.29) is 10.8 Å². The van der Waals surface area contributed by atoms with E-state index in [9.17, 15) is 0 Å². The van der Waals surface area contributed by atoms with Crippen LogP contribution in [-0.2, 0) is 10.8 Å². The van der Waals surface area contributed by atoms with Crippen molar-refractivity contribution < 1.29 is 4.42 Å². The van der Waals surface area contributed by atoms with Gasteiger partial charge in [-0.2, -0.15) is 0 Å². The third-order valence-corrected chi connectivity index (χ3v) is 16.8. The minimum Gasteiger partial charge on any atom is -0.456 e. The summed E-state index contributed by atoms with van der Waals surface area (Å²) in [5.41, 5.74) is 23.0. The normalized spacial score (nSPS) is 14.1. The molecule has 352 valence electrons. The van der Waals surface area contributed by atoms with Crippen LogP contribution in [0.3, 0.4) is 0 Å². The van der Waals surface area contributed by atoms with Crippen LogP contribution in [-0.4, -0.2) is 4.57 Å². The Morgan fingerprint density at radius 2 is 1.11 bits per heavy atom. The Balaban J connectivity index is 0.942. The lowest BCUT2D eigenvalue weighted by molar-refractivity contribution is 0.353. The highest BCUT2D eigenvalue weighted by atomic mass is 16.3. The molecule has 2 aliphatic rings. The first-order valence-electron chi connectivity index (χ1n) is 26.2. The third-order valence-electron chi connectivity index (χ3n) is 16.8. The lowest BCUT2D eigenvalue weighted by atomic mass is 9.68. The van der Waals surface area contributed by atoms with Crippen molar-refractivity contribution in [3.63, 3.8) is 0 Å². The number of furan rings is 1. The number of aromatic nitrogens is 1. The first-order chi connectivity index (χ1) is 35.9. The van der Waals surface area contributed by atoms with Gasteiger partial charge in [0.1, 0.15) is 11.2 Å². The minimum absolute atomic E-state index is 0.0364. The van der Waals surface area contributed by atoms with Gasteiger partial charge in [-0.25, -0.2) is 0 Å². The third kappa shape index (κ3) is 6.78. The van der Waals surface area contributed by atoms with Gasteiger partial charge in [0.15, 0.2) is 0 Å². The summed E-state index contributed by atoms with van der Waals surface area (Å²) in [6.07, 6.45) is 6.19. The smallest absolute Gasteiger partial charge is 0.137 e. The van der Waals surface area contributed by atoms with E-state index in [1.165, 1.54) is 121 Å². The van der Waals surface area contributed by atoms with Crippen LogP contribution in [0.2, 0.25) is 0 Å². The van der Waals surface area contributed by atoms with Gasteiger partial charge in [0.25, 0.3) is 0 Å². The van der Waals surface area contributed by atoms with E-state index in [0.29, 0.717) is 0 Å². The van der Waals surface area contributed by atoms with Gasteiger partial charge in [-0.15, -0.1) is 0 Å². The Kier molecular flexibility index (Phi) is 10.0.